The molecule has 1 aliphatic heterocycles. The monoisotopic (exact) mass is 481 g/mol. The molecule has 0 saturated carbocycles. The molecule has 6 rings (SSSR count). The van der Waals surface area contributed by atoms with E-state index in [4.69, 9.17) is 4.74 Å². The molecule has 3 unspecified atom stereocenters. The summed E-state index contributed by atoms with van der Waals surface area (Å²) in [6.45, 7) is 6.33. The van der Waals surface area contributed by atoms with E-state index >= 15 is 0 Å². The number of carbonyl (C=O) groups excluding carboxylic acids is 1. The van der Waals surface area contributed by atoms with Crippen LogP contribution in [0.3, 0.4) is 0 Å². The summed E-state index contributed by atoms with van der Waals surface area (Å²) in [7, 11) is 3.85. The van der Waals surface area contributed by atoms with Gasteiger partial charge in [-0.2, -0.15) is 0 Å². The molecule has 0 amide bonds. The number of imidazole rings is 1. The molecule has 2 aromatic carbocycles. The zero-order valence-electron chi connectivity index (χ0n) is 21.2. The number of fused-ring (bicyclic) bond motifs is 4. The zero-order valence-corrected chi connectivity index (χ0v) is 21.2. The van der Waals surface area contributed by atoms with Gasteiger partial charge in [0.05, 0.1) is 24.7 Å². The number of hydrogen-bond donors (Lipinski definition) is 0. The summed E-state index contributed by atoms with van der Waals surface area (Å²) in [6, 6.07) is 14.1. The van der Waals surface area contributed by atoms with Gasteiger partial charge in [-0.05, 0) is 54.4 Å². The third kappa shape index (κ3) is 3.57. The van der Waals surface area contributed by atoms with Crippen LogP contribution in [0.15, 0.2) is 61.1 Å². The minimum Gasteiger partial charge on any atom is -0.497 e. The number of methoxy groups -OCH3 is 1. The van der Waals surface area contributed by atoms with Crippen molar-refractivity contribution in [3.63, 3.8) is 0 Å². The van der Waals surface area contributed by atoms with E-state index in [0.717, 1.165) is 52.8 Å². The Balaban J connectivity index is 1.38. The molecule has 7 heteroatoms. The van der Waals surface area contributed by atoms with Crippen LogP contribution in [0.2, 0.25) is 0 Å². The molecular formula is C29H31N5O2. The van der Waals surface area contributed by atoms with E-state index in [1.807, 2.05) is 55.7 Å². The van der Waals surface area contributed by atoms with E-state index in [0.29, 0.717) is 17.5 Å². The second-order valence-electron chi connectivity index (χ2n) is 10.1. The van der Waals surface area contributed by atoms with Gasteiger partial charge >= 0.3 is 0 Å². The van der Waals surface area contributed by atoms with Crippen molar-refractivity contribution >= 4 is 33.5 Å². The van der Waals surface area contributed by atoms with Crippen LogP contribution in [-0.4, -0.2) is 57.0 Å². The van der Waals surface area contributed by atoms with Crippen molar-refractivity contribution in [2.24, 2.45) is 5.92 Å². The maximum absolute atomic E-state index is 13.7. The molecule has 1 aliphatic rings. The Hall–Kier alpha value is -3.71. The van der Waals surface area contributed by atoms with E-state index in [9.17, 15) is 4.79 Å². The van der Waals surface area contributed by atoms with Gasteiger partial charge in [-0.15, -0.1) is 0 Å². The molecule has 3 aromatic heterocycles. The summed E-state index contributed by atoms with van der Waals surface area (Å²) in [5, 5.41) is 2.17. The molecule has 7 nitrogen and oxygen atoms in total. The fourth-order valence-electron chi connectivity index (χ4n) is 5.83. The molecule has 0 aliphatic carbocycles. The van der Waals surface area contributed by atoms with E-state index < -0.39 is 0 Å². The Labute approximate surface area is 210 Å². The topological polar surface area (TPSA) is 64.7 Å². The van der Waals surface area contributed by atoms with E-state index in [2.05, 4.69) is 39.3 Å². The van der Waals surface area contributed by atoms with Crippen LogP contribution in [0, 0.1) is 5.92 Å². The van der Waals surface area contributed by atoms with Crippen molar-refractivity contribution in [3.05, 3.63) is 72.3 Å². The number of likely N-dealkylation sites (tertiary alicyclic amines) is 1. The summed E-state index contributed by atoms with van der Waals surface area (Å²) in [5.74, 6) is 1.51. The molecule has 184 valence electrons. The lowest BCUT2D eigenvalue weighted by Gasteiger charge is -2.17. The van der Waals surface area contributed by atoms with Gasteiger partial charge in [0.15, 0.2) is 11.3 Å². The maximum atomic E-state index is 13.7. The highest BCUT2D eigenvalue weighted by Crippen LogP contribution is 2.35. The largest absolute Gasteiger partial charge is 0.497 e. The van der Waals surface area contributed by atoms with Crippen LogP contribution in [0.5, 0.6) is 5.75 Å². The van der Waals surface area contributed by atoms with Crippen LogP contribution < -0.4 is 4.74 Å². The molecule has 1 saturated heterocycles. The highest BCUT2D eigenvalue weighted by Gasteiger charge is 2.33. The highest BCUT2D eigenvalue weighted by atomic mass is 16.5. The molecule has 3 atom stereocenters. The van der Waals surface area contributed by atoms with Gasteiger partial charge < -0.3 is 9.64 Å². The lowest BCUT2D eigenvalue weighted by molar-refractivity contribution is 0.0889. The second kappa shape index (κ2) is 8.75. The molecule has 5 aromatic rings. The van der Waals surface area contributed by atoms with Crippen molar-refractivity contribution in [3.8, 4) is 5.75 Å². The Bertz CT molecular complexity index is 1600. The van der Waals surface area contributed by atoms with E-state index in [1.165, 1.54) is 5.69 Å². The smallest absolute Gasteiger partial charge is 0.239 e. The number of benzene rings is 2. The lowest BCUT2D eigenvalue weighted by Crippen LogP contribution is -2.18. The first-order chi connectivity index (χ1) is 17.5. The van der Waals surface area contributed by atoms with Crippen molar-refractivity contribution in [1.82, 2.24) is 23.8 Å². The first kappa shape index (κ1) is 22.7. The quantitative estimate of drug-likeness (QED) is 0.339. The molecule has 4 heterocycles. The first-order valence-corrected chi connectivity index (χ1v) is 12.6. The standard InChI is InChI=1S/C29H31N5O2/c1-5-19-16-32(3)17-24(19)26-14-30-27-15-31-28-25(34(26)27)10-11-33(28)29(35)18(2)20-6-7-22-13-23(36-4)9-8-21(22)12-20/h6-15,18-19,24H,5,16-17H2,1-4H3. The van der Waals surface area contributed by atoms with Crippen molar-refractivity contribution in [1.29, 1.82) is 0 Å². The fourth-order valence-corrected chi connectivity index (χ4v) is 5.83. The van der Waals surface area contributed by atoms with E-state index in [-0.39, 0.29) is 11.8 Å². The summed E-state index contributed by atoms with van der Waals surface area (Å²) >= 11 is 0. The van der Waals surface area contributed by atoms with Crippen LogP contribution in [0.4, 0.5) is 0 Å². The third-order valence-electron chi connectivity index (χ3n) is 7.91. The van der Waals surface area contributed by atoms with Gasteiger partial charge in [-0.25, -0.2) is 9.97 Å². The number of rotatable bonds is 5. The summed E-state index contributed by atoms with van der Waals surface area (Å²) < 4.78 is 9.23. The van der Waals surface area contributed by atoms with Gasteiger partial charge in [-0.1, -0.05) is 37.6 Å². The minimum absolute atomic E-state index is 0.00147. The summed E-state index contributed by atoms with van der Waals surface area (Å²) in [5.41, 5.74) is 4.60. The number of ether oxygens (including phenoxy) is 1. The SMILES string of the molecule is CCC1CN(C)CC1c1cnc2cnc3c(ccn3C(=O)C(C)c3ccc4cc(OC)ccc4c3)n12. The normalized spacial score (nSPS) is 19.4. The number of carbonyl (C=O) groups is 1. The van der Waals surface area contributed by atoms with Crippen LogP contribution in [-0.2, 0) is 0 Å². The van der Waals surface area contributed by atoms with Gasteiger partial charge in [-0.3, -0.25) is 13.8 Å². The minimum atomic E-state index is -0.320. The van der Waals surface area contributed by atoms with Gasteiger partial charge in [0, 0.05) is 37.1 Å². The molecule has 0 N–H and O–H groups in total. The number of likely N-dealkylation sites (N-methyl/N-ethyl adjacent to an activating group) is 1. The number of aromatic nitrogens is 4. The van der Waals surface area contributed by atoms with Gasteiger partial charge in [0.25, 0.3) is 0 Å². The maximum Gasteiger partial charge on any atom is 0.239 e. The first-order valence-electron chi connectivity index (χ1n) is 12.6. The Kier molecular flexibility index (Phi) is 5.52. The molecule has 1 fully saturated rings. The van der Waals surface area contributed by atoms with Crippen LogP contribution in [0.1, 0.15) is 48.2 Å². The van der Waals surface area contributed by atoms with Crippen molar-refractivity contribution < 1.29 is 9.53 Å². The number of nitrogens with zero attached hydrogens (tertiary/aromatic N) is 5. The average molecular weight is 482 g/mol. The third-order valence-corrected chi connectivity index (χ3v) is 7.91. The average Bonchev–Trinajstić information content (AvgIpc) is 3.62. The van der Waals surface area contributed by atoms with Crippen molar-refractivity contribution in [2.75, 3.05) is 27.2 Å². The molecular weight excluding hydrogens is 450 g/mol. The Morgan fingerprint density at radius 1 is 1.08 bits per heavy atom. The fraction of sp³-hybridized carbons (Fsp3) is 0.345. The Morgan fingerprint density at radius 3 is 2.69 bits per heavy atom. The summed E-state index contributed by atoms with van der Waals surface area (Å²) in [6.07, 6.45) is 6.76. The van der Waals surface area contributed by atoms with Crippen LogP contribution in [0.25, 0.3) is 27.6 Å². The zero-order chi connectivity index (χ0) is 25.0. The van der Waals surface area contributed by atoms with Crippen molar-refractivity contribution in [2.45, 2.75) is 32.1 Å². The number of hydrogen-bond acceptors (Lipinski definition) is 5. The highest BCUT2D eigenvalue weighted by molar-refractivity contribution is 5.94. The predicted octanol–water partition coefficient (Wildman–Crippen LogP) is 5.34. The Morgan fingerprint density at radius 2 is 1.89 bits per heavy atom. The van der Waals surface area contributed by atoms with E-state index in [1.54, 1.807) is 17.9 Å². The molecule has 0 radical (unpaired) electrons. The molecule has 36 heavy (non-hydrogen) atoms. The van der Waals surface area contributed by atoms with Crippen LogP contribution >= 0.6 is 0 Å². The molecule has 0 bridgehead atoms. The summed E-state index contributed by atoms with van der Waals surface area (Å²) in [4.78, 5) is 25.4. The second-order valence-corrected chi connectivity index (χ2v) is 10.1. The van der Waals surface area contributed by atoms with Gasteiger partial charge in [0.2, 0.25) is 5.91 Å². The lowest BCUT2D eigenvalue weighted by atomic mass is 9.91. The van der Waals surface area contributed by atoms with Gasteiger partial charge in [0.1, 0.15) is 5.75 Å². The predicted molar refractivity (Wildman–Crippen MR) is 142 cm³/mol. The molecule has 0 spiro atoms.